The summed E-state index contributed by atoms with van der Waals surface area (Å²) in [7, 11) is 1.64. The normalized spacial score (nSPS) is 16.4. The quantitative estimate of drug-likeness (QED) is 0.825. The van der Waals surface area contributed by atoms with E-state index in [1.807, 2.05) is 32.9 Å². The third-order valence-corrected chi connectivity index (χ3v) is 4.49. The van der Waals surface area contributed by atoms with Gasteiger partial charge in [0.15, 0.2) is 0 Å². The minimum absolute atomic E-state index is 0.0270. The lowest BCUT2D eigenvalue weighted by atomic mass is 9.77. The van der Waals surface area contributed by atoms with Crippen molar-refractivity contribution in [3.8, 4) is 5.75 Å². The zero-order valence-corrected chi connectivity index (χ0v) is 14.5. The van der Waals surface area contributed by atoms with Crippen LogP contribution in [0.25, 0.3) is 0 Å². The zero-order valence-electron chi connectivity index (χ0n) is 14.5. The second-order valence-corrected chi connectivity index (χ2v) is 6.91. The van der Waals surface area contributed by atoms with Crippen molar-refractivity contribution in [3.63, 3.8) is 0 Å². The van der Waals surface area contributed by atoms with E-state index in [1.165, 1.54) is 5.56 Å². The van der Waals surface area contributed by atoms with Gasteiger partial charge >= 0.3 is 6.09 Å². The molecule has 1 aromatic carbocycles. The van der Waals surface area contributed by atoms with Gasteiger partial charge in [-0.3, -0.25) is 4.90 Å². The fraction of sp³-hybridized carbons (Fsp3) is 0.611. The van der Waals surface area contributed by atoms with Gasteiger partial charge < -0.3 is 9.47 Å². The molecule has 0 N–H and O–H groups in total. The van der Waals surface area contributed by atoms with Crippen LogP contribution >= 0.6 is 0 Å². The molecule has 0 fully saturated rings. The molecule has 1 heterocycles. The van der Waals surface area contributed by atoms with E-state index in [4.69, 9.17) is 9.47 Å². The number of para-hydroxylation sites is 1. The number of hydrogen-bond acceptors (Lipinski definition) is 3. The summed E-state index contributed by atoms with van der Waals surface area (Å²) in [6, 6.07) is 6.00. The average molecular weight is 305 g/mol. The van der Waals surface area contributed by atoms with Crippen LogP contribution in [0.5, 0.6) is 5.75 Å². The van der Waals surface area contributed by atoms with Gasteiger partial charge in [0.2, 0.25) is 0 Å². The summed E-state index contributed by atoms with van der Waals surface area (Å²) >= 11 is 0. The first kappa shape index (κ1) is 16.7. The second-order valence-electron chi connectivity index (χ2n) is 6.91. The number of carbonyl (C=O) groups is 1. The Morgan fingerprint density at radius 1 is 1.27 bits per heavy atom. The molecule has 0 radical (unpaired) electrons. The van der Waals surface area contributed by atoms with Gasteiger partial charge in [0.05, 0.1) is 12.8 Å². The van der Waals surface area contributed by atoms with E-state index >= 15 is 0 Å². The van der Waals surface area contributed by atoms with Crippen molar-refractivity contribution in [1.82, 2.24) is 0 Å². The number of fused-ring (bicyclic) bond motifs is 1. The lowest BCUT2D eigenvalue weighted by Gasteiger charge is -2.28. The van der Waals surface area contributed by atoms with Crippen LogP contribution in [0.3, 0.4) is 0 Å². The molecule has 0 bridgehead atoms. The molecule has 4 nitrogen and oxygen atoms in total. The third kappa shape index (κ3) is 2.79. The Labute approximate surface area is 133 Å². The Kier molecular flexibility index (Phi) is 4.41. The van der Waals surface area contributed by atoms with Crippen LogP contribution in [0.15, 0.2) is 18.2 Å². The van der Waals surface area contributed by atoms with E-state index in [9.17, 15) is 4.79 Å². The highest BCUT2D eigenvalue weighted by molar-refractivity contribution is 5.94. The highest BCUT2D eigenvalue weighted by Crippen LogP contribution is 2.49. The van der Waals surface area contributed by atoms with Crippen molar-refractivity contribution < 1.29 is 14.3 Å². The first-order chi connectivity index (χ1) is 10.3. The van der Waals surface area contributed by atoms with Crippen molar-refractivity contribution in [3.05, 3.63) is 23.8 Å². The summed E-state index contributed by atoms with van der Waals surface area (Å²) in [5, 5.41) is 0. The SMILES string of the molecule is CCC1(CC)CN(C(=O)OC(C)(C)C)c2c(OC)cccc21. The standard InChI is InChI=1S/C18H27NO3/c1-7-18(8-2)12-19(16(20)22-17(3,4)5)15-13(18)10-9-11-14(15)21-6/h9-11H,7-8,12H2,1-6H3. The van der Waals surface area contributed by atoms with Gasteiger partial charge in [-0.05, 0) is 45.2 Å². The van der Waals surface area contributed by atoms with Crippen LogP contribution < -0.4 is 9.64 Å². The van der Waals surface area contributed by atoms with Crippen molar-refractivity contribution in [2.24, 2.45) is 0 Å². The van der Waals surface area contributed by atoms with Crippen LogP contribution in [0.1, 0.15) is 53.0 Å². The summed E-state index contributed by atoms with van der Waals surface area (Å²) in [4.78, 5) is 14.4. The summed E-state index contributed by atoms with van der Waals surface area (Å²) in [6.45, 7) is 10.6. The molecule has 0 spiro atoms. The van der Waals surface area contributed by atoms with Crippen LogP contribution in [-0.2, 0) is 10.2 Å². The number of methoxy groups -OCH3 is 1. The largest absolute Gasteiger partial charge is 0.495 e. The summed E-state index contributed by atoms with van der Waals surface area (Å²) in [6.07, 6.45) is 1.65. The molecule has 22 heavy (non-hydrogen) atoms. The predicted molar refractivity (Wildman–Crippen MR) is 88.8 cm³/mol. The van der Waals surface area contributed by atoms with Crippen LogP contribution in [0.4, 0.5) is 10.5 Å². The molecule has 0 saturated heterocycles. The maximum atomic E-state index is 12.7. The van der Waals surface area contributed by atoms with E-state index in [0.29, 0.717) is 6.54 Å². The summed E-state index contributed by atoms with van der Waals surface area (Å²) < 4.78 is 11.1. The highest BCUT2D eigenvalue weighted by Gasteiger charge is 2.45. The zero-order chi connectivity index (χ0) is 16.5. The van der Waals surface area contributed by atoms with Gasteiger partial charge in [-0.2, -0.15) is 0 Å². The van der Waals surface area contributed by atoms with Crippen molar-refractivity contribution >= 4 is 11.8 Å². The third-order valence-electron chi connectivity index (χ3n) is 4.49. The topological polar surface area (TPSA) is 38.8 Å². The van der Waals surface area contributed by atoms with Gasteiger partial charge in [0, 0.05) is 12.0 Å². The fourth-order valence-corrected chi connectivity index (χ4v) is 3.19. The number of anilines is 1. The molecular weight excluding hydrogens is 278 g/mol. The number of carbonyl (C=O) groups excluding carboxylic acids is 1. The highest BCUT2D eigenvalue weighted by atomic mass is 16.6. The number of nitrogens with zero attached hydrogens (tertiary/aromatic N) is 1. The number of amides is 1. The molecule has 2 rings (SSSR count). The number of hydrogen-bond donors (Lipinski definition) is 0. The van der Waals surface area contributed by atoms with Crippen LogP contribution in [-0.4, -0.2) is 25.3 Å². The summed E-state index contributed by atoms with van der Waals surface area (Å²) in [5.74, 6) is 0.729. The first-order valence-electron chi connectivity index (χ1n) is 7.96. The maximum Gasteiger partial charge on any atom is 0.414 e. The fourth-order valence-electron chi connectivity index (χ4n) is 3.19. The smallest absolute Gasteiger partial charge is 0.414 e. The number of rotatable bonds is 3. The first-order valence-corrected chi connectivity index (χ1v) is 7.96. The van der Waals surface area contributed by atoms with E-state index in [1.54, 1.807) is 12.0 Å². The molecule has 0 atom stereocenters. The Balaban J connectivity index is 2.50. The molecule has 1 aliphatic rings. The Morgan fingerprint density at radius 3 is 2.41 bits per heavy atom. The van der Waals surface area contributed by atoms with Gasteiger partial charge in [-0.15, -0.1) is 0 Å². The van der Waals surface area contributed by atoms with Crippen molar-refractivity contribution in [1.29, 1.82) is 0 Å². The maximum absolute atomic E-state index is 12.7. The van der Waals surface area contributed by atoms with Gasteiger partial charge in [0.25, 0.3) is 0 Å². The van der Waals surface area contributed by atoms with Crippen molar-refractivity contribution in [2.75, 3.05) is 18.6 Å². The van der Waals surface area contributed by atoms with Gasteiger partial charge in [-0.25, -0.2) is 4.79 Å². The minimum atomic E-state index is -0.511. The van der Waals surface area contributed by atoms with Crippen molar-refractivity contribution in [2.45, 2.75) is 58.5 Å². The number of ether oxygens (including phenoxy) is 2. The van der Waals surface area contributed by atoms with Gasteiger partial charge in [-0.1, -0.05) is 26.0 Å². The van der Waals surface area contributed by atoms with Gasteiger partial charge in [0.1, 0.15) is 11.4 Å². The van der Waals surface area contributed by atoms with E-state index in [-0.39, 0.29) is 11.5 Å². The monoisotopic (exact) mass is 305 g/mol. The molecular formula is C18H27NO3. The number of benzene rings is 1. The molecule has 0 saturated carbocycles. The molecule has 1 amide bonds. The Hall–Kier alpha value is -1.71. The molecule has 0 aromatic heterocycles. The molecule has 1 aliphatic heterocycles. The Bertz CT molecular complexity index is 556. The molecule has 1 aromatic rings. The molecule has 122 valence electrons. The second kappa shape index (κ2) is 5.82. The summed E-state index contributed by atoms with van der Waals surface area (Å²) in [5.41, 5.74) is 1.51. The van der Waals surface area contributed by atoms with E-state index in [2.05, 4.69) is 19.9 Å². The van der Waals surface area contributed by atoms with E-state index < -0.39 is 5.60 Å². The lowest BCUT2D eigenvalue weighted by molar-refractivity contribution is 0.0576. The average Bonchev–Trinajstić information content (AvgIpc) is 2.81. The molecule has 0 aliphatic carbocycles. The molecule has 4 heteroatoms. The van der Waals surface area contributed by atoms with Crippen LogP contribution in [0.2, 0.25) is 0 Å². The van der Waals surface area contributed by atoms with E-state index in [0.717, 1.165) is 24.3 Å². The lowest BCUT2D eigenvalue weighted by Crippen LogP contribution is -2.39. The molecule has 0 unspecified atom stereocenters. The minimum Gasteiger partial charge on any atom is -0.495 e. The predicted octanol–water partition coefficient (Wildman–Crippen LogP) is 4.51. The van der Waals surface area contributed by atoms with Crippen LogP contribution in [0, 0.1) is 0 Å². The Morgan fingerprint density at radius 2 is 1.91 bits per heavy atom.